The molecule has 0 atom stereocenters. The zero-order valence-electron chi connectivity index (χ0n) is 20.1. The number of rotatable bonds is 7. The number of likely N-dealkylation sites (N-methyl/N-ethyl adjacent to an activating group) is 1. The van der Waals surface area contributed by atoms with E-state index in [2.05, 4.69) is 32.5 Å². The minimum atomic E-state index is -0.684. The highest BCUT2D eigenvalue weighted by molar-refractivity contribution is 5.99. The largest absolute Gasteiger partial charge is 0.495 e. The Bertz CT molecular complexity index is 1330. The molecular weight excluding hydrogens is 462 g/mol. The van der Waals surface area contributed by atoms with Gasteiger partial charge in [-0.25, -0.2) is 9.78 Å². The van der Waals surface area contributed by atoms with Gasteiger partial charge in [0.1, 0.15) is 23.7 Å². The number of nitrogens with one attached hydrogen (secondary N) is 2. The first-order valence-corrected chi connectivity index (χ1v) is 11.6. The van der Waals surface area contributed by atoms with Gasteiger partial charge in [-0.2, -0.15) is 4.98 Å². The molecule has 11 nitrogen and oxygen atoms in total. The van der Waals surface area contributed by atoms with E-state index in [4.69, 9.17) is 15.2 Å². The molecule has 1 saturated heterocycles. The molecule has 0 unspecified atom stereocenters. The molecule has 4 N–H and O–H groups in total. The second-order valence-corrected chi connectivity index (χ2v) is 8.66. The lowest BCUT2D eigenvalue weighted by Crippen LogP contribution is -2.26. The third-order valence-corrected chi connectivity index (χ3v) is 6.23. The number of methoxy groups -OCH3 is 1. The summed E-state index contributed by atoms with van der Waals surface area (Å²) in [5.74, 6) is 0.449. The Kier molecular flexibility index (Phi) is 6.30. The summed E-state index contributed by atoms with van der Waals surface area (Å²) in [4.78, 5) is 36.9. The van der Waals surface area contributed by atoms with Crippen molar-refractivity contribution in [3.63, 3.8) is 0 Å². The normalized spacial score (nSPS) is 15.3. The van der Waals surface area contributed by atoms with Crippen LogP contribution < -0.4 is 26.0 Å². The summed E-state index contributed by atoms with van der Waals surface area (Å²) in [5.41, 5.74) is 10.0. The first kappa shape index (κ1) is 23.4. The number of carbonyl (C=O) groups is 2. The van der Waals surface area contributed by atoms with Crippen molar-refractivity contribution in [3.05, 3.63) is 59.3 Å². The molecule has 11 heteroatoms. The molecule has 0 aliphatic carbocycles. The van der Waals surface area contributed by atoms with E-state index in [1.54, 1.807) is 19.2 Å². The molecule has 0 radical (unpaired) electrons. The Hall–Kier alpha value is -4.38. The molecule has 0 saturated carbocycles. The number of nitrogens with zero attached hydrogens (tertiary/aromatic N) is 4. The number of fused-ring (bicyclic) bond motifs is 1. The minimum absolute atomic E-state index is 0.110. The number of primary amides is 1. The summed E-state index contributed by atoms with van der Waals surface area (Å²) in [7, 11) is 3.70. The van der Waals surface area contributed by atoms with Crippen molar-refractivity contribution in [2.45, 2.75) is 13.0 Å². The van der Waals surface area contributed by atoms with E-state index in [1.165, 1.54) is 22.2 Å². The predicted octanol–water partition coefficient (Wildman–Crippen LogP) is 3.02. The van der Waals surface area contributed by atoms with Crippen LogP contribution in [0.15, 0.2) is 42.6 Å². The van der Waals surface area contributed by atoms with Gasteiger partial charge in [0.15, 0.2) is 0 Å². The summed E-state index contributed by atoms with van der Waals surface area (Å²) in [6.45, 7) is 2.55. The Morgan fingerprint density at radius 3 is 2.72 bits per heavy atom. The summed E-state index contributed by atoms with van der Waals surface area (Å²) in [5, 5.41) is 6.37. The van der Waals surface area contributed by atoms with Crippen molar-refractivity contribution in [2.24, 2.45) is 5.73 Å². The maximum atomic E-state index is 12.1. The molecule has 36 heavy (non-hydrogen) atoms. The summed E-state index contributed by atoms with van der Waals surface area (Å²) >= 11 is 0. The number of cyclic esters (lactones) is 1. The number of carbonyl (C=O) groups excluding carboxylic acids is 2. The van der Waals surface area contributed by atoms with Gasteiger partial charge in [-0.15, -0.1) is 0 Å². The topological polar surface area (TPSA) is 135 Å². The molecule has 1 aromatic heterocycles. The molecular formula is C25H27N7O4. The fourth-order valence-corrected chi connectivity index (χ4v) is 4.39. The Labute approximate surface area is 208 Å². The molecule has 3 heterocycles. The van der Waals surface area contributed by atoms with E-state index in [1.807, 2.05) is 24.3 Å². The monoisotopic (exact) mass is 489 g/mol. The minimum Gasteiger partial charge on any atom is -0.495 e. The maximum Gasteiger partial charge on any atom is 0.414 e. The molecule has 2 aliphatic rings. The molecule has 2 aliphatic heterocycles. The first-order valence-electron chi connectivity index (χ1n) is 11.6. The Morgan fingerprint density at radius 1 is 1.14 bits per heavy atom. The van der Waals surface area contributed by atoms with Crippen LogP contribution in [-0.4, -0.2) is 60.7 Å². The van der Waals surface area contributed by atoms with E-state index in [9.17, 15) is 9.59 Å². The average Bonchev–Trinajstić information content (AvgIpc) is 3.29. The van der Waals surface area contributed by atoms with Gasteiger partial charge in [0.25, 0.3) is 5.91 Å². The van der Waals surface area contributed by atoms with Crippen LogP contribution in [0.5, 0.6) is 5.75 Å². The van der Waals surface area contributed by atoms with Crippen LogP contribution >= 0.6 is 0 Å². The maximum absolute atomic E-state index is 12.1. The molecule has 1 fully saturated rings. The summed E-state index contributed by atoms with van der Waals surface area (Å²) in [6.07, 6.45) is 1.88. The number of hydrogen-bond donors (Lipinski definition) is 3. The second-order valence-electron chi connectivity index (χ2n) is 8.66. The number of nitrogens with two attached hydrogens (primary N) is 1. The van der Waals surface area contributed by atoms with Crippen molar-refractivity contribution in [1.82, 2.24) is 14.9 Å². The zero-order chi connectivity index (χ0) is 25.2. The van der Waals surface area contributed by atoms with Gasteiger partial charge >= 0.3 is 6.09 Å². The van der Waals surface area contributed by atoms with E-state index >= 15 is 0 Å². The predicted molar refractivity (Wildman–Crippen MR) is 135 cm³/mol. The van der Waals surface area contributed by atoms with Crippen LogP contribution in [-0.2, 0) is 17.7 Å². The van der Waals surface area contributed by atoms with Gasteiger partial charge < -0.3 is 30.7 Å². The number of benzene rings is 2. The van der Waals surface area contributed by atoms with E-state index in [0.29, 0.717) is 36.0 Å². The number of amides is 2. The molecule has 5 rings (SSSR count). The third-order valence-electron chi connectivity index (χ3n) is 6.23. The molecule has 3 aromatic rings. The second kappa shape index (κ2) is 9.70. The van der Waals surface area contributed by atoms with Gasteiger partial charge in [0.2, 0.25) is 5.95 Å². The first-order chi connectivity index (χ1) is 17.4. The van der Waals surface area contributed by atoms with Gasteiger partial charge in [0, 0.05) is 19.3 Å². The van der Waals surface area contributed by atoms with Crippen molar-refractivity contribution in [2.75, 3.05) is 49.4 Å². The van der Waals surface area contributed by atoms with Crippen LogP contribution in [0.1, 0.15) is 21.5 Å². The van der Waals surface area contributed by atoms with E-state index < -0.39 is 12.0 Å². The SMILES string of the molecule is COc1cc2c(cc1Nc1ncc(C(N)=O)c(Nc3ccccc3N3CCOC3=O)n1)CN(C)CC2. The zero-order valence-corrected chi connectivity index (χ0v) is 20.1. The van der Waals surface area contributed by atoms with Crippen molar-refractivity contribution in [3.8, 4) is 5.75 Å². The highest BCUT2D eigenvalue weighted by Gasteiger charge is 2.26. The standard InChI is InChI=1S/C25H27N7O4/c1-31-8-7-15-12-21(35-2)19(11-16(15)14-31)29-24-27-13-17(22(26)33)23(30-24)28-18-5-3-4-6-20(18)32-9-10-36-25(32)34/h3-6,11-13H,7-10,14H2,1-2H3,(H2,26,33)(H2,27,28,29,30). The lowest BCUT2D eigenvalue weighted by Gasteiger charge is -2.26. The highest BCUT2D eigenvalue weighted by Crippen LogP contribution is 2.34. The fourth-order valence-electron chi connectivity index (χ4n) is 4.39. The van der Waals surface area contributed by atoms with Gasteiger partial charge in [-0.3, -0.25) is 9.69 Å². The van der Waals surface area contributed by atoms with Gasteiger partial charge in [-0.05, 0) is 48.9 Å². The number of ether oxygens (including phenoxy) is 2. The molecule has 2 aromatic carbocycles. The van der Waals surface area contributed by atoms with Crippen LogP contribution in [0.3, 0.4) is 0 Å². The lowest BCUT2D eigenvalue weighted by atomic mass is 9.99. The van der Waals surface area contributed by atoms with E-state index in [0.717, 1.165) is 19.5 Å². The highest BCUT2D eigenvalue weighted by atomic mass is 16.6. The quantitative estimate of drug-likeness (QED) is 0.458. The smallest absolute Gasteiger partial charge is 0.414 e. The van der Waals surface area contributed by atoms with Crippen LogP contribution in [0.2, 0.25) is 0 Å². The summed E-state index contributed by atoms with van der Waals surface area (Å²) < 4.78 is 10.7. The molecule has 0 bridgehead atoms. The van der Waals surface area contributed by atoms with Crippen LogP contribution in [0.25, 0.3) is 0 Å². The molecule has 0 spiro atoms. The van der Waals surface area contributed by atoms with E-state index in [-0.39, 0.29) is 17.3 Å². The Morgan fingerprint density at radius 2 is 1.97 bits per heavy atom. The summed E-state index contributed by atoms with van der Waals surface area (Å²) in [6, 6.07) is 11.3. The van der Waals surface area contributed by atoms with Gasteiger partial charge in [0.05, 0.1) is 30.7 Å². The van der Waals surface area contributed by atoms with Crippen LogP contribution in [0, 0.1) is 0 Å². The average molecular weight is 490 g/mol. The van der Waals surface area contributed by atoms with Crippen LogP contribution in [0.4, 0.5) is 33.6 Å². The van der Waals surface area contributed by atoms with Crippen molar-refractivity contribution < 1.29 is 19.1 Å². The van der Waals surface area contributed by atoms with Crippen molar-refractivity contribution in [1.29, 1.82) is 0 Å². The fraction of sp³-hybridized carbons (Fsp3) is 0.280. The third kappa shape index (κ3) is 4.60. The number of para-hydroxylation sites is 2. The van der Waals surface area contributed by atoms with Crippen molar-refractivity contribution >= 4 is 40.8 Å². The van der Waals surface area contributed by atoms with Gasteiger partial charge in [-0.1, -0.05) is 12.1 Å². The molecule has 186 valence electrons. The Balaban J connectivity index is 1.48. The lowest BCUT2D eigenvalue weighted by molar-refractivity contribution is 0.100. The number of hydrogen-bond acceptors (Lipinski definition) is 9. The molecule has 2 amide bonds. The number of aromatic nitrogens is 2. The number of anilines is 5.